The topological polar surface area (TPSA) is 73.9 Å². The van der Waals surface area contributed by atoms with Crippen LogP contribution in [-0.2, 0) is 14.1 Å². The lowest BCUT2D eigenvalue weighted by Crippen LogP contribution is -2.28. The number of esters is 1. The van der Waals surface area contributed by atoms with Crippen LogP contribution in [0.4, 0.5) is 0 Å². The number of rotatable bonds is 8. The van der Waals surface area contributed by atoms with E-state index in [1.807, 2.05) is 0 Å². The van der Waals surface area contributed by atoms with Gasteiger partial charge in [-0.15, -0.1) is 0 Å². The van der Waals surface area contributed by atoms with Gasteiger partial charge < -0.3 is 13.8 Å². The molecule has 0 aliphatic rings. The van der Waals surface area contributed by atoms with Gasteiger partial charge in [0.2, 0.25) is 0 Å². The molecule has 0 aliphatic heterocycles. The third kappa shape index (κ3) is 6.42. The predicted octanol–water partition coefficient (Wildman–Crippen LogP) is 4.45. The first-order chi connectivity index (χ1) is 11.9. The van der Waals surface area contributed by atoms with Crippen LogP contribution in [0.25, 0.3) is 0 Å². The van der Waals surface area contributed by atoms with Crippen molar-refractivity contribution in [2.24, 2.45) is 0 Å². The van der Waals surface area contributed by atoms with Gasteiger partial charge in [0.05, 0.1) is 11.1 Å². The van der Waals surface area contributed by atoms with E-state index in [9.17, 15) is 9.36 Å². The highest BCUT2D eigenvalue weighted by Gasteiger charge is 2.30. The van der Waals surface area contributed by atoms with Gasteiger partial charge in [0.15, 0.2) is 0 Å². The zero-order valence-electron chi connectivity index (χ0n) is 13.8. The molecule has 2 aromatic carbocycles. The van der Waals surface area contributed by atoms with E-state index >= 15 is 0 Å². The molecule has 134 valence electrons. The third-order valence-corrected chi connectivity index (χ3v) is 4.55. The fourth-order valence-corrected chi connectivity index (χ4v) is 3.35. The lowest BCUT2D eigenvalue weighted by atomic mass is 10.3. The van der Waals surface area contributed by atoms with E-state index in [0.717, 1.165) is 0 Å². The number of hydrogen-bond donors (Lipinski definition) is 1. The summed E-state index contributed by atoms with van der Waals surface area (Å²) in [6.45, 7) is 3.10. The summed E-state index contributed by atoms with van der Waals surface area (Å²) >= 11 is 6.04. The highest BCUT2D eigenvalue weighted by Crippen LogP contribution is 2.46. The molecule has 1 N–H and O–H groups in total. The van der Waals surface area contributed by atoms with Gasteiger partial charge in [0, 0.05) is 0 Å². The normalized spacial score (nSPS) is 13.1. The van der Waals surface area contributed by atoms with E-state index in [1.165, 1.54) is 0 Å². The van der Waals surface area contributed by atoms with Crippen molar-refractivity contribution in [1.82, 2.24) is 5.09 Å². The minimum absolute atomic E-state index is 0.174. The van der Waals surface area contributed by atoms with Crippen LogP contribution in [0.15, 0.2) is 54.6 Å². The maximum Gasteiger partial charge on any atom is 0.513 e. The molecule has 25 heavy (non-hydrogen) atoms. The van der Waals surface area contributed by atoms with Crippen LogP contribution in [0.5, 0.6) is 11.5 Å². The van der Waals surface area contributed by atoms with Crippen LogP contribution in [0.2, 0.25) is 5.02 Å². The summed E-state index contributed by atoms with van der Waals surface area (Å²) < 4.78 is 29.0. The number of nitrogens with one attached hydrogen (secondary N) is 1. The molecule has 0 fully saturated rings. The first kappa shape index (κ1) is 19.3. The first-order valence-electron chi connectivity index (χ1n) is 7.61. The van der Waals surface area contributed by atoms with Gasteiger partial charge in [-0.05, 0) is 38.1 Å². The lowest BCUT2D eigenvalue weighted by Gasteiger charge is -2.21. The molecule has 0 saturated heterocycles. The van der Waals surface area contributed by atoms with Crippen molar-refractivity contribution in [2.75, 3.05) is 6.54 Å². The second-order valence-corrected chi connectivity index (χ2v) is 7.38. The Labute approximate surface area is 151 Å². The van der Waals surface area contributed by atoms with Gasteiger partial charge in [-0.1, -0.05) is 41.9 Å². The fourth-order valence-electron chi connectivity index (χ4n) is 1.82. The summed E-state index contributed by atoms with van der Waals surface area (Å²) in [5.74, 6) is -0.0783. The lowest BCUT2D eigenvalue weighted by molar-refractivity contribution is -0.145. The maximum absolute atomic E-state index is 13.1. The zero-order chi connectivity index (χ0) is 18.3. The van der Waals surface area contributed by atoms with Crippen molar-refractivity contribution in [1.29, 1.82) is 0 Å². The quantitative estimate of drug-likeness (QED) is 0.536. The number of hydrogen-bond acceptors (Lipinski definition) is 5. The number of para-hydroxylation sites is 2. The van der Waals surface area contributed by atoms with Gasteiger partial charge in [-0.2, -0.15) is 5.09 Å². The molecule has 0 bridgehead atoms. The Hall–Kier alpha value is -2.01. The molecule has 0 aromatic heterocycles. The molecule has 0 aliphatic carbocycles. The molecule has 0 saturated carbocycles. The molecule has 8 heteroatoms. The van der Waals surface area contributed by atoms with Crippen molar-refractivity contribution < 1.29 is 23.1 Å². The average Bonchev–Trinajstić information content (AvgIpc) is 2.56. The van der Waals surface area contributed by atoms with Gasteiger partial charge in [-0.25, -0.2) is 4.57 Å². The van der Waals surface area contributed by atoms with Gasteiger partial charge in [-0.3, -0.25) is 4.79 Å². The van der Waals surface area contributed by atoms with Crippen LogP contribution in [0, 0.1) is 0 Å². The molecule has 2 rings (SSSR count). The SMILES string of the molecule is CC(C)OC(=O)CNP(=O)(Oc1ccccc1)Oc1ccccc1Cl. The Morgan fingerprint density at radius 1 is 1.08 bits per heavy atom. The molecule has 6 nitrogen and oxygen atoms in total. The minimum atomic E-state index is -3.92. The zero-order valence-corrected chi connectivity index (χ0v) is 15.5. The molecule has 0 spiro atoms. The largest absolute Gasteiger partial charge is 0.513 e. The van der Waals surface area contributed by atoms with E-state index in [4.69, 9.17) is 25.4 Å². The van der Waals surface area contributed by atoms with Gasteiger partial charge in [0.1, 0.15) is 18.0 Å². The Morgan fingerprint density at radius 2 is 1.72 bits per heavy atom. The smallest absolute Gasteiger partial charge is 0.462 e. The van der Waals surface area contributed by atoms with E-state index in [-0.39, 0.29) is 23.4 Å². The van der Waals surface area contributed by atoms with Crippen molar-refractivity contribution in [3.8, 4) is 11.5 Å². The summed E-state index contributed by atoms with van der Waals surface area (Å²) in [7, 11) is -3.92. The average molecular weight is 384 g/mol. The maximum atomic E-state index is 13.1. The van der Waals surface area contributed by atoms with Crippen molar-refractivity contribution in [3.63, 3.8) is 0 Å². The number of ether oxygens (including phenoxy) is 1. The highest BCUT2D eigenvalue weighted by atomic mass is 35.5. The van der Waals surface area contributed by atoms with Crippen LogP contribution in [0.3, 0.4) is 0 Å². The Morgan fingerprint density at radius 3 is 2.36 bits per heavy atom. The molecule has 1 atom stereocenters. The molecule has 0 amide bonds. The van der Waals surface area contributed by atoms with E-state index in [0.29, 0.717) is 5.75 Å². The molecule has 0 heterocycles. The monoisotopic (exact) mass is 383 g/mol. The Kier molecular flexibility index (Phi) is 6.88. The predicted molar refractivity (Wildman–Crippen MR) is 96.0 cm³/mol. The van der Waals surface area contributed by atoms with E-state index < -0.39 is 13.7 Å². The van der Waals surface area contributed by atoms with E-state index in [1.54, 1.807) is 68.4 Å². The number of halogens is 1. The summed E-state index contributed by atoms with van der Waals surface area (Å²) in [5.41, 5.74) is 0. The molecule has 2 aromatic rings. The van der Waals surface area contributed by atoms with Crippen LogP contribution in [0.1, 0.15) is 13.8 Å². The second kappa shape index (κ2) is 8.90. The summed E-state index contributed by atoms with van der Waals surface area (Å²) in [6.07, 6.45) is -0.284. The fraction of sp³-hybridized carbons (Fsp3) is 0.235. The summed E-state index contributed by atoms with van der Waals surface area (Å²) in [6, 6.07) is 15.0. The van der Waals surface area contributed by atoms with Crippen LogP contribution in [-0.4, -0.2) is 18.6 Å². The van der Waals surface area contributed by atoms with Crippen molar-refractivity contribution >= 4 is 25.3 Å². The molecular weight excluding hydrogens is 365 g/mol. The number of benzene rings is 2. The van der Waals surface area contributed by atoms with Crippen molar-refractivity contribution in [2.45, 2.75) is 20.0 Å². The minimum Gasteiger partial charge on any atom is -0.462 e. The molecule has 1 unspecified atom stereocenters. The highest BCUT2D eigenvalue weighted by molar-refractivity contribution is 7.52. The number of carbonyl (C=O) groups excluding carboxylic acids is 1. The Balaban J connectivity index is 2.17. The van der Waals surface area contributed by atoms with E-state index in [2.05, 4.69) is 5.09 Å². The standard InChI is InChI=1S/C17H19ClNO5P/c1-13(2)22-17(20)12-19-25(21,23-14-8-4-3-5-9-14)24-16-11-7-6-10-15(16)18/h3-11,13H,12H2,1-2H3,(H,19,21). The van der Waals surface area contributed by atoms with Gasteiger partial charge >= 0.3 is 13.7 Å². The third-order valence-electron chi connectivity index (χ3n) is 2.81. The van der Waals surface area contributed by atoms with Gasteiger partial charge in [0.25, 0.3) is 0 Å². The Bertz CT molecular complexity index is 754. The number of carbonyl (C=O) groups is 1. The van der Waals surface area contributed by atoms with Crippen LogP contribution >= 0.6 is 19.3 Å². The van der Waals surface area contributed by atoms with Crippen LogP contribution < -0.4 is 14.1 Å². The molecule has 0 radical (unpaired) electrons. The molecular formula is C17H19ClNO5P. The summed E-state index contributed by atoms with van der Waals surface area (Å²) in [5, 5.41) is 2.77. The first-order valence-corrected chi connectivity index (χ1v) is 9.53. The second-order valence-electron chi connectivity index (χ2n) is 5.30. The van der Waals surface area contributed by atoms with Crippen molar-refractivity contribution in [3.05, 3.63) is 59.6 Å². The summed E-state index contributed by atoms with van der Waals surface area (Å²) in [4.78, 5) is 11.7.